The third kappa shape index (κ3) is 2.07. The van der Waals surface area contributed by atoms with Crippen molar-refractivity contribution in [3.63, 3.8) is 0 Å². The highest BCUT2D eigenvalue weighted by Gasteiger charge is 2.41. The molecule has 8 nitrogen and oxygen atoms in total. The molecule has 2 N–H and O–H groups in total. The average Bonchev–Trinajstić information content (AvgIpc) is 2.99. The number of aliphatic hydroxyl groups excluding tert-OH is 1. The number of amides is 1. The van der Waals surface area contributed by atoms with Gasteiger partial charge in [-0.2, -0.15) is 0 Å². The Bertz CT molecular complexity index is 621. The van der Waals surface area contributed by atoms with Crippen molar-refractivity contribution in [3.05, 3.63) is 22.6 Å². The predicted molar refractivity (Wildman–Crippen MR) is 80.9 cm³/mol. The van der Waals surface area contributed by atoms with Gasteiger partial charge in [0.2, 0.25) is 0 Å². The molecule has 1 saturated heterocycles. The SMILES string of the molecule is COc1cc2c(cc1NN=O)N(C)C(O)C1CCCN1C2=O. The van der Waals surface area contributed by atoms with Crippen LogP contribution in [0, 0.1) is 4.91 Å². The molecule has 22 heavy (non-hydrogen) atoms. The van der Waals surface area contributed by atoms with Gasteiger partial charge < -0.3 is 19.6 Å². The van der Waals surface area contributed by atoms with Gasteiger partial charge in [-0.25, -0.2) is 5.43 Å². The summed E-state index contributed by atoms with van der Waals surface area (Å²) in [7, 11) is 3.18. The van der Waals surface area contributed by atoms with Gasteiger partial charge in [0.1, 0.15) is 17.7 Å². The van der Waals surface area contributed by atoms with Crippen LogP contribution in [0.15, 0.2) is 17.4 Å². The molecule has 118 valence electrons. The van der Waals surface area contributed by atoms with Crippen LogP contribution in [0.5, 0.6) is 5.75 Å². The van der Waals surface area contributed by atoms with Crippen molar-refractivity contribution in [3.8, 4) is 5.75 Å². The first-order valence-corrected chi connectivity index (χ1v) is 7.10. The van der Waals surface area contributed by atoms with Gasteiger partial charge in [0.25, 0.3) is 5.91 Å². The third-order valence-corrected chi connectivity index (χ3v) is 4.40. The summed E-state index contributed by atoms with van der Waals surface area (Å²) in [5.41, 5.74) is 3.65. The van der Waals surface area contributed by atoms with Crippen molar-refractivity contribution in [1.29, 1.82) is 0 Å². The van der Waals surface area contributed by atoms with E-state index in [9.17, 15) is 14.8 Å². The van der Waals surface area contributed by atoms with Crippen molar-refractivity contribution in [2.24, 2.45) is 5.29 Å². The molecule has 3 rings (SSSR count). The summed E-state index contributed by atoms with van der Waals surface area (Å²) in [5.74, 6) is 0.219. The van der Waals surface area contributed by atoms with E-state index in [4.69, 9.17) is 4.74 Å². The Hall–Kier alpha value is -2.35. The summed E-state index contributed by atoms with van der Waals surface area (Å²) in [6, 6.07) is 2.95. The molecular formula is C14H18N4O4. The van der Waals surface area contributed by atoms with Gasteiger partial charge in [-0.3, -0.25) is 4.79 Å². The Morgan fingerprint density at radius 2 is 2.23 bits per heavy atom. The zero-order valence-corrected chi connectivity index (χ0v) is 12.4. The second kappa shape index (κ2) is 5.45. The summed E-state index contributed by atoms with van der Waals surface area (Å²) < 4.78 is 5.21. The van der Waals surface area contributed by atoms with Crippen LogP contribution >= 0.6 is 0 Å². The van der Waals surface area contributed by atoms with Crippen LogP contribution < -0.4 is 15.1 Å². The molecule has 0 bridgehead atoms. The predicted octanol–water partition coefficient (Wildman–Crippen LogP) is 1.16. The molecule has 1 fully saturated rings. The van der Waals surface area contributed by atoms with Gasteiger partial charge >= 0.3 is 0 Å². The van der Waals surface area contributed by atoms with E-state index in [2.05, 4.69) is 10.7 Å². The van der Waals surface area contributed by atoms with Gasteiger partial charge in [0.15, 0.2) is 0 Å². The number of carbonyl (C=O) groups is 1. The molecular weight excluding hydrogens is 288 g/mol. The minimum Gasteiger partial charge on any atom is -0.494 e. The zero-order chi connectivity index (χ0) is 15.9. The van der Waals surface area contributed by atoms with Gasteiger partial charge in [0, 0.05) is 13.6 Å². The number of nitroso groups, excluding NO2 is 1. The summed E-state index contributed by atoms with van der Waals surface area (Å²) >= 11 is 0. The number of rotatable bonds is 3. The fourth-order valence-electron chi connectivity index (χ4n) is 3.25. The summed E-state index contributed by atoms with van der Waals surface area (Å²) in [6.07, 6.45) is 0.851. The number of anilines is 2. The summed E-state index contributed by atoms with van der Waals surface area (Å²) in [4.78, 5) is 26.6. The van der Waals surface area contributed by atoms with Crippen LogP contribution in [-0.2, 0) is 0 Å². The molecule has 1 aromatic carbocycles. The van der Waals surface area contributed by atoms with Crippen LogP contribution in [-0.4, -0.2) is 48.9 Å². The van der Waals surface area contributed by atoms with Crippen molar-refractivity contribution in [1.82, 2.24) is 4.90 Å². The van der Waals surface area contributed by atoms with E-state index < -0.39 is 6.23 Å². The zero-order valence-electron chi connectivity index (χ0n) is 12.4. The van der Waals surface area contributed by atoms with Crippen LogP contribution in [0.25, 0.3) is 0 Å². The normalized spacial score (nSPS) is 23.7. The fraction of sp³-hybridized carbons (Fsp3) is 0.500. The number of nitrogens with zero attached hydrogens (tertiary/aromatic N) is 3. The Kier molecular flexibility index (Phi) is 3.61. The minimum absolute atomic E-state index is 0.134. The van der Waals surface area contributed by atoms with E-state index in [-0.39, 0.29) is 11.9 Å². The molecule has 2 unspecified atom stereocenters. The molecule has 2 heterocycles. The Morgan fingerprint density at radius 3 is 2.91 bits per heavy atom. The number of likely N-dealkylation sites (N-methyl/N-ethyl adjacent to an activating group) is 1. The van der Waals surface area contributed by atoms with Crippen LogP contribution in [0.1, 0.15) is 23.2 Å². The lowest BCUT2D eigenvalue weighted by molar-refractivity contribution is 0.0527. The summed E-state index contributed by atoms with van der Waals surface area (Å²) in [5, 5.41) is 13.2. The largest absolute Gasteiger partial charge is 0.494 e. The molecule has 0 spiro atoms. The van der Waals surface area contributed by atoms with E-state index in [1.807, 2.05) is 0 Å². The molecule has 2 aliphatic rings. The highest BCUT2D eigenvalue weighted by Crippen LogP contribution is 2.39. The van der Waals surface area contributed by atoms with Crippen LogP contribution in [0.3, 0.4) is 0 Å². The highest BCUT2D eigenvalue weighted by molar-refractivity contribution is 6.02. The van der Waals surface area contributed by atoms with Crippen LogP contribution in [0.4, 0.5) is 11.4 Å². The molecule has 8 heteroatoms. The minimum atomic E-state index is -0.793. The Morgan fingerprint density at radius 1 is 1.45 bits per heavy atom. The monoisotopic (exact) mass is 306 g/mol. The number of fused-ring (bicyclic) bond motifs is 2. The number of aliphatic hydroxyl groups is 1. The first-order valence-electron chi connectivity index (χ1n) is 7.10. The van der Waals surface area contributed by atoms with E-state index in [1.54, 1.807) is 29.0 Å². The topological polar surface area (TPSA) is 94.5 Å². The van der Waals surface area contributed by atoms with Gasteiger partial charge in [-0.05, 0) is 25.0 Å². The lowest BCUT2D eigenvalue weighted by Gasteiger charge is -2.31. The maximum Gasteiger partial charge on any atom is 0.256 e. The van der Waals surface area contributed by atoms with E-state index >= 15 is 0 Å². The Labute approximate surface area is 127 Å². The van der Waals surface area contributed by atoms with E-state index in [0.29, 0.717) is 29.2 Å². The molecule has 2 atom stereocenters. The van der Waals surface area contributed by atoms with Crippen molar-refractivity contribution in [2.45, 2.75) is 25.1 Å². The number of hydrogen-bond acceptors (Lipinski definition) is 6. The average molecular weight is 306 g/mol. The second-order valence-corrected chi connectivity index (χ2v) is 5.51. The molecule has 1 amide bonds. The smallest absolute Gasteiger partial charge is 0.256 e. The van der Waals surface area contributed by atoms with Gasteiger partial charge in [-0.15, -0.1) is 4.91 Å². The molecule has 0 radical (unpaired) electrons. The molecule has 0 saturated carbocycles. The van der Waals surface area contributed by atoms with Crippen molar-refractivity contribution < 1.29 is 14.6 Å². The maximum atomic E-state index is 12.8. The van der Waals surface area contributed by atoms with Crippen molar-refractivity contribution >= 4 is 17.3 Å². The lowest BCUT2D eigenvalue weighted by atomic mass is 10.1. The first kappa shape index (κ1) is 14.6. The number of nitrogens with one attached hydrogen (secondary N) is 1. The summed E-state index contributed by atoms with van der Waals surface area (Å²) in [6.45, 7) is 0.631. The number of methoxy groups -OCH3 is 1. The number of benzene rings is 1. The van der Waals surface area contributed by atoms with Crippen molar-refractivity contribution in [2.75, 3.05) is 31.0 Å². The fourth-order valence-corrected chi connectivity index (χ4v) is 3.25. The maximum absolute atomic E-state index is 12.8. The number of carbonyl (C=O) groups excluding carboxylic acids is 1. The standard InChI is InChI=1S/C14H18N4O4/c1-17-11-7-9(15-16-21)12(22-2)6-8(11)13(19)18-5-3-4-10(18)14(17)20/h6-7,10,14,20H,3-5H2,1-2H3,(H,15,21). The van der Waals surface area contributed by atoms with E-state index in [0.717, 1.165) is 12.8 Å². The van der Waals surface area contributed by atoms with Gasteiger partial charge in [0.05, 0.1) is 29.7 Å². The number of ether oxygens (including phenoxy) is 1. The molecule has 0 aromatic heterocycles. The lowest BCUT2D eigenvalue weighted by Crippen LogP contribution is -2.47. The highest BCUT2D eigenvalue weighted by atomic mass is 16.5. The van der Waals surface area contributed by atoms with Gasteiger partial charge in [-0.1, -0.05) is 0 Å². The van der Waals surface area contributed by atoms with E-state index in [1.165, 1.54) is 7.11 Å². The molecule has 2 aliphatic heterocycles. The number of hydrogen-bond donors (Lipinski definition) is 2. The first-order chi connectivity index (χ1) is 10.6. The molecule has 0 aliphatic carbocycles. The second-order valence-electron chi connectivity index (χ2n) is 5.51. The quantitative estimate of drug-likeness (QED) is 0.643. The third-order valence-electron chi connectivity index (χ3n) is 4.40. The molecule has 1 aromatic rings. The Balaban J connectivity index is 2.15. The van der Waals surface area contributed by atoms with Crippen LogP contribution in [0.2, 0.25) is 0 Å².